The van der Waals surface area contributed by atoms with Crippen LogP contribution in [0.4, 0.5) is 11.4 Å². The molecule has 6 heteroatoms. The minimum absolute atomic E-state index is 0.0550. The van der Waals surface area contributed by atoms with Gasteiger partial charge in [0, 0.05) is 23.0 Å². The molecule has 0 saturated carbocycles. The molecular formula is C13H13BrN2O3. The predicted octanol–water partition coefficient (Wildman–Crippen LogP) is 4.12. The quantitative estimate of drug-likeness (QED) is 0.663. The van der Waals surface area contributed by atoms with Crippen molar-refractivity contribution in [1.29, 1.82) is 0 Å². The Morgan fingerprint density at radius 1 is 1.32 bits per heavy atom. The summed E-state index contributed by atoms with van der Waals surface area (Å²) in [5.41, 5.74) is 0.725. The molecule has 1 aromatic carbocycles. The summed E-state index contributed by atoms with van der Waals surface area (Å²) in [4.78, 5) is 10.3. The second kappa shape index (κ2) is 5.88. The van der Waals surface area contributed by atoms with Gasteiger partial charge in [0.2, 0.25) is 0 Å². The molecule has 0 radical (unpaired) electrons. The van der Waals surface area contributed by atoms with Gasteiger partial charge in [0.15, 0.2) is 0 Å². The number of halogens is 1. The van der Waals surface area contributed by atoms with Crippen molar-refractivity contribution in [1.82, 2.24) is 0 Å². The number of furan rings is 1. The van der Waals surface area contributed by atoms with E-state index in [1.165, 1.54) is 12.1 Å². The van der Waals surface area contributed by atoms with E-state index in [1.54, 1.807) is 6.07 Å². The molecule has 100 valence electrons. The van der Waals surface area contributed by atoms with Crippen molar-refractivity contribution in [3.05, 3.63) is 56.4 Å². The van der Waals surface area contributed by atoms with Crippen LogP contribution < -0.4 is 5.32 Å². The Kier molecular flexibility index (Phi) is 4.21. The zero-order valence-electron chi connectivity index (χ0n) is 10.4. The van der Waals surface area contributed by atoms with E-state index in [-0.39, 0.29) is 5.69 Å². The predicted molar refractivity (Wildman–Crippen MR) is 76.2 cm³/mol. The third kappa shape index (κ3) is 3.35. The highest BCUT2D eigenvalue weighted by atomic mass is 79.9. The van der Waals surface area contributed by atoms with Crippen LogP contribution in [0.5, 0.6) is 0 Å². The molecule has 0 aliphatic heterocycles. The van der Waals surface area contributed by atoms with Crippen molar-refractivity contribution in [3.8, 4) is 0 Å². The number of non-ortho nitro benzene ring substituents is 1. The molecule has 2 aromatic rings. The number of nitro groups is 1. The Bertz CT molecular complexity index is 595. The fourth-order valence-corrected chi connectivity index (χ4v) is 2.04. The lowest BCUT2D eigenvalue weighted by molar-refractivity contribution is -0.384. The lowest BCUT2D eigenvalue weighted by atomic mass is 10.3. The molecule has 0 fully saturated rings. The van der Waals surface area contributed by atoms with Crippen molar-refractivity contribution < 1.29 is 9.34 Å². The highest BCUT2D eigenvalue weighted by Crippen LogP contribution is 2.27. The van der Waals surface area contributed by atoms with Gasteiger partial charge in [0.05, 0.1) is 17.2 Å². The molecule has 0 bridgehead atoms. The molecule has 2 rings (SSSR count). The summed E-state index contributed by atoms with van der Waals surface area (Å²) in [7, 11) is 0. The van der Waals surface area contributed by atoms with Crippen molar-refractivity contribution in [2.75, 3.05) is 5.32 Å². The summed E-state index contributed by atoms with van der Waals surface area (Å²) in [5, 5.41) is 13.8. The van der Waals surface area contributed by atoms with E-state index < -0.39 is 4.92 Å². The first kappa shape index (κ1) is 13.6. The monoisotopic (exact) mass is 324 g/mol. The van der Waals surface area contributed by atoms with E-state index in [0.717, 1.165) is 22.4 Å². The Morgan fingerprint density at radius 3 is 2.68 bits per heavy atom. The number of rotatable bonds is 5. The summed E-state index contributed by atoms with van der Waals surface area (Å²) in [6, 6.07) is 8.43. The van der Waals surface area contributed by atoms with Gasteiger partial charge in [0.25, 0.3) is 5.69 Å². The highest BCUT2D eigenvalue weighted by Gasteiger charge is 2.09. The zero-order chi connectivity index (χ0) is 13.8. The first-order chi connectivity index (χ1) is 9.10. The summed E-state index contributed by atoms with van der Waals surface area (Å²) in [5.74, 6) is 1.73. The number of nitro benzene ring substituents is 1. The lowest BCUT2D eigenvalue weighted by Crippen LogP contribution is -2.00. The fourth-order valence-electron chi connectivity index (χ4n) is 1.65. The summed E-state index contributed by atoms with van der Waals surface area (Å²) < 4.78 is 6.34. The standard InChI is InChI=1S/C13H13BrN2O3/c1-2-10-4-5-11(19-10)8-15-13-7-9(16(17)18)3-6-12(13)14/h3-7,15H,2,8H2,1H3. The van der Waals surface area contributed by atoms with E-state index in [0.29, 0.717) is 12.2 Å². The first-order valence-corrected chi connectivity index (χ1v) is 6.65. The Balaban J connectivity index is 2.10. The van der Waals surface area contributed by atoms with Crippen molar-refractivity contribution in [2.24, 2.45) is 0 Å². The van der Waals surface area contributed by atoms with Gasteiger partial charge in [-0.3, -0.25) is 10.1 Å². The van der Waals surface area contributed by atoms with Gasteiger partial charge in [-0.05, 0) is 34.1 Å². The number of nitrogens with zero attached hydrogens (tertiary/aromatic N) is 1. The van der Waals surface area contributed by atoms with Crippen LogP contribution in [0.2, 0.25) is 0 Å². The van der Waals surface area contributed by atoms with Gasteiger partial charge in [-0.2, -0.15) is 0 Å². The summed E-state index contributed by atoms with van der Waals surface area (Å²) >= 11 is 3.36. The third-order valence-electron chi connectivity index (χ3n) is 2.68. The third-order valence-corrected chi connectivity index (χ3v) is 3.37. The van der Waals surface area contributed by atoms with Crippen LogP contribution in [0.1, 0.15) is 18.4 Å². The Morgan fingerprint density at radius 2 is 2.05 bits per heavy atom. The molecule has 1 N–H and O–H groups in total. The largest absolute Gasteiger partial charge is 0.464 e. The van der Waals surface area contributed by atoms with E-state index in [4.69, 9.17) is 4.42 Å². The van der Waals surface area contributed by atoms with E-state index >= 15 is 0 Å². The van der Waals surface area contributed by atoms with Crippen molar-refractivity contribution >= 4 is 27.3 Å². The second-order valence-electron chi connectivity index (χ2n) is 4.00. The van der Waals surface area contributed by atoms with Gasteiger partial charge >= 0.3 is 0 Å². The van der Waals surface area contributed by atoms with Crippen LogP contribution in [0.25, 0.3) is 0 Å². The average molecular weight is 325 g/mol. The van der Waals surface area contributed by atoms with Crippen LogP contribution in [0, 0.1) is 10.1 Å². The molecule has 19 heavy (non-hydrogen) atoms. The summed E-state index contributed by atoms with van der Waals surface area (Å²) in [6.45, 7) is 2.51. The molecule has 1 heterocycles. The topological polar surface area (TPSA) is 68.3 Å². The van der Waals surface area contributed by atoms with Crippen LogP contribution in [0.15, 0.2) is 39.2 Å². The molecule has 0 aliphatic carbocycles. The number of hydrogen-bond donors (Lipinski definition) is 1. The Labute approximate surface area is 118 Å². The van der Waals surface area contributed by atoms with Gasteiger partial charge in [-0.25, -0.2) is 0 Å². The molecule has 1 aromatic heterocycles. The van der Waals surface area contributed by atoms with E-state index in [2.05, 4.69) is 21.2 Å². The average Bonchev–Trinajstić information content (AvgIpc) is 2.85. The number of anilines is 1. The normalized spacial score (nSPS) is 10.4. The van der Waals surface area contributed by atoms with Crippen LogP contribution in [0.3, 0.4) is 0 Å². The molecule has 0 spiro atoms. The molecule has 0 atom stereocenters. The number of nitrogens with one attached hydrogen (secondary N) is 1. The van der Waals surface area contributed by atoms with E-state index in [9.17, 15) is 10.1 Å². The lowest BCUT2D eigenvalue weighted by Gasteiger charge is -2.06. The molecule has 0 unspecified atom stereocenters. The molecular weight excluding hydrogens is 312 g/mol. The summed E-state index contributed by atoms with van der Waals surface area (Å²) in [6.07, 6.45) is 0.848. The minimum Gasteiger partial charge on any atom is -0.464 e. The van der Waals surface area contributed by atoms with Crippen molar-refractivity contribution in [3.63, 3.8) is 0 Å². The van der Waals surface area contributed by atoms with Gasteiger partial charge in [-0.15, -0.1) is 0 Å². The maximum atomic E-state index is 10.7. The fraction of sp³-hybridized carbons (Fsp3) is 0.231. The van der Waals surface area contributed by atoms with Gasteiger partial charge in [0.1, 0.15) is 11.5 Å². The SMILES string of the molecule is CCc1ccc(CNc2cc([N+](=O)[O-])ccc2Br)o1. The van der Waals surface area contributed by atoms with Crippen LogP contribution >= 0.6 is 15.9 Å². The molecule has 0 aliphatic rings. The number of benzene rings is 1. The minimum atomic E-state index is -0.417. The maximum absolute atomic E-state index is 10.7. The van der Waals surface area contributed by atoms with E-state index in [1.807, 2.05) is 19.1 Å². The van der Waals surface area contributed by atoms with Gasteiger partial charge < -0.3 is 9.73 Å². The number of hydrogen-bond acceptors (Lipinski definition) is 4. The second-order valence-corrected chi connectivity index (χ2v) is 4.85. The molecule has 5 nitrogen and oxygen atoms in total. The zero-order valence-corrected chi connectivity index (χ0v) is 11.9. The van der Waals surface area contributed by atoms with Crippen molar-refractivity contribution in [2.45, 2.75) is 19.9 Å². The van der Waals surface area contributed by atoms with Crippen LogP contribution in [-0.4, -0.2) is 4.92 Å². The highest BCUT2D eigenvalue weighted by molar-refractivity contribution is 9.10. The molecule has 0 saturated heterocycles. The maximum Gasteiger partial charge on any atom is 0.271 e. The Hall–Kier alpha value is -1.82. The van der Waals surface area contributed by atoms with Gasteiger partial charge in [-0.1, -0.05) is 6.92 Å². The smallest absolute Gasteiger partial charge is 0.271 e. The van der Waals surface area contributed by atoms with Crippen LogP contribution in [-0.2, 0) is 13.0 Å². The first-order valence-electron chi connectivity index (χ1n) is 5.85. The number of aryl methyl sites for hydroxylation is 1. The molecule has 0 amide bonds.